The number of fused-ring (bicyclic) bond motifs is 1. The highest BCUT2D eigenvalue weighted by Gasteiger charge is 2.38. The second-order valence-corrected chi connectivity index (χ2v) is 10.3. The number of rotatable bonds is 5. The van der Waals surface area contributed by atoms with Crippen LogP contribution in [0.25, 0.3) is 0 Å². The number of hydrogen-bond donors (Lipinski definition) is 1. The number of nitrogens with one attached hydrogen (secondary N) is 1. The first-order valence-corrected chi connectivity index (χ1v) is 12.6. The summed E-state index contributed by atoms with van der Waals surface area (Å²) in [6.45, 7) is 4.54. The monoisotopic (exact) mass is 455 g/mol. The second kappa shape index (κ2) is 9.03. The molecule has 0 unspecified atom stereocenters. The molecule has 2 aromatic carbocycles. The molecule has 0 bridgehead atoms. The highest BCUT2D eigenvalue weighted by atomic mass is 32.2. The lowest BCUT2D eigenvalue weighted by Gasteiger charge is -2.26. The lowest BCUT2D eigenvalue weighted by molar-refractivity contribution is -0.122. The third-order valence-electron chi connectivity index (χ3n) is 6.26. The van der Waals surface area contributed by atoms with Crippen molar-refractivity contribution in [2.75, 3.05) is 23.3 Å². The summed E-state index contributed by atoms with van der Waals surface area (Å²) in [7, 11) is -3.58. The van der Waals surface area contributed by atoms with Crippen LogP contribution in [0.3, 0.4) is 0 Å². The van der Waals surface area contributed by atoms with Crippen LogP contribution in [0, 0.1) is 0 Å². The van der Waals surface area contributed by atoms with Crippen LogP contribution < -0.4 is 10.2 Å². The highest BCUT2D eigenvalue weighted by Crippen LogP contribution is 2.35. The highest BCUT2D eigenvalue weighted by molar-refractivity contribution is 7.89. The van der Waals surface area contributed by atoms with Gasteiger partial charge in [0.25, 0.3) is 0 Å². The van der Waals surface area contributed by atoms with Crippen LogP contribution in [0.5, 0.6) is 0 Å². The van der Waals surface area contributed by atoms with Gasteiger partial charge in [-0.15, -0.1) is 0 Å². The molecular formula is C24H29N3O4S. The Morgan fingerprint density at radius 3 is 2.34 bits per heavy atom. The molecule has 0 radical (unpaired) electrons. The number of piperidine rings is 1. The van der Waals surface area contributed by atoms with E-state index in [1.807, 2.05) is 24.3 Å². The van der Waals surface area contributed by atoms with E-state index >= 15 is 0 Å². The predicted molar refractivity (Wildman–Crippen MR) is 124 cm³/mol. The van der Waals surface area contributed by atoms with E-state index in [1.165, 1.54) is 21.7 Å². The van der Waals surface area contributed by atoms with E-state index in [-0.39, 0.29) is 23.1 Å². The van der Waals surface area contributed by atoms with E-state index < -0.39 is 16.1 Å². The molecule has 1 atom stereocenters. The Balaban J connectivity index is 1.58. The van der Waals surface area contributed by atoms with Crippen LogP contribution in [0.4, 0.5) is 11.4 Å². The zero-order chi connectivity index (χ0) is 22.9. The largest absolute Gasteiger partial charge is 0.324 e. The molecule has 0 aromatic heterocycles. The molecule has 1 fully saturated rings. The number of aryl methyl sites for hydroxylation is 1. The maximum absolute atomic E-state index is 13.1. The fourth-order valence-electron chi connectivity index (χ4n) is 4.49. The van der Waals surface area contributed by atoms with Crippen molar-refractivity contribution in [2.45, 2.75) is 56.9 Å². The third-order valence-corrected chi connectivity index (χ3v) is 8.15. The zero-order valence-electron chi connectivity index (χ0n) is 18.5. The third kappa shape index (κ3) is 4.29. The van der Waals surface area contributed by atoms with E-state index in [2.05, 4.69) is 12.2 Å². The molecule has 7 nitrogen and oxygen atoms in total. The van der Waals surface area contributed by atoms with E-state index in [9.17, 15) is 18.0 Å². The Kier molecular flexibility index (Phi) is 6.35. The first-order valence-electron chi connectivity index (χ1n) is 11.1. The molecule has 2 heterocycles. The van der Waals surface area contributed by atoms with E-state index in [0.717, 1.165) is 25.7 Å². The van der Waals surface area contributed by atoms with Gasteiger partial charge in [0.05, 0.1) is 4.90 Å². The molecule has 0 aliphatic carbocycles. The van der Waals surface area contributed by atoms with Gasteiger partial charge < -0.3 is 5.32 Å². The lowest BCUT2D eigenvalue weighted by atomic mass is 10.1. The molecule has 32 heavy (non-hydrogen) atoms. The van der Waals surface area contributed by atoms with Crippen molar-refractivity contribution in [2.24, 2.45) is 0 Å². The maximum atomic E-state index is 13.1. The maximum Gasteiger partial charge on any atom is 0.247 e. The molecule has 0 spiro atoms. The average molecular weight is 456 g/mol. The summed E-state index contributed by atoms with van der Waals surface area (Å²) < 4.78 is 27.7. The Hall–Kier alpha value is -2.71. The van der Waals surface area contributed by atoms with Crippen molar-refractivity contribution in [1.82, 2.24) is 4.31 Å². The lowest BCUT2D eigenvalue weighted by Crippen LogP contribution is -2.44. The summed E-state index contributed by atoms with van der Waals surface area (Å²) in [6.07, 6.45) is 3.96. The number of nitrogens with zero attached hydrogens (tertiary/aromatic N) is 2. The fraction of sp³-hybridized carbons (Fsp3) is 0.417. The first-order chi connectivity index (χ1) is 15.3. The van der Waals surface area contributed by atoms with Gasteiger partial charge >= 0.3 is 0 Å². The summed E-state index contributed by atoms with van der Waals surface area (Å²) >= 11 is 0. The van der Waals surface area contributed by atoms with Crippen molar-refractivity contribution in [3.63, 3.8) is 0 Å². The minimum absolute atomic E-state index is 0.220. The van der Waals surface area contributed by atoms with Gasteiger partial charge in [0.2, 0.25) is 21.8 Å². The molecule has 1 saturated heterocycles. The van der Waals surface area contributed by atoms with E-state index in [4.69, 9.17) is 0 Å². The number of sulfonamides is 1. The topological polar surface area (TPSA) is 86.8 Å². The molecule has 4 rings (SSSR count). The standard InChI is InChI=1S/C24H29N3O4S/c1-3-18-7-9-20(10-8-18)25-24(29)23-16-19-15-21(11-12-22(19)27(23)17(2)28)32(30,31)26-13-5-4-6-14-26/h7-12,15,23H,3-6,13-14,16H2,1-2H3,(H,25,29)/t23-/m1/s1. The molecule has 8 heteroatoms. The fourth-order valence-corrected chi connectivity index (χ4v) is 6.06. The Morgan fingerprint density at radius 2 is 1.72 bits per heavy atom. The minimum Gasteiger partial charge on any atom is -0.324 e. The van der Waals surface area contributed by atoms with Crippen molar-refractivity contribution >= 4 is 33.2 Å². The number of carbonyl (C=O) groups excluding carboxylic acids is 2. The van der Waals surface area contributed by atoms with E-state index in [0.29, 0.717) is 30.0 Å². The van der Waals surface area contributed by atoms with Crippen LogP contribution in [-0.4, -0.2) is 43.7 Å². The van der Waals surface area contributed by atoms with Gasteiger partial charge in [-0.1, -0.05) is 25.5 Å². The number of amides is 2. The Morgan fingerprint density at radius 1 is 1.03 bits per heavy atom. The summed E-state index contributed by atoms with van der Waals surface area (Å²) in [4.78, 5) is 27.1. The van der Waals surface area contributed by atoms with Crippen LogP contribution in [0.2, 0.25) is 0 Å². The number of carbonyl (C=O) groups is 2. The van der Waals surface area contributed by atoms with Crippen LogP contribution >= 0.6 is 0 Å². The first kappa shape index (κ1) is 22.5. The average Bonchev–Trinajstić information content (AvgIpc) is 3.19. The smallest absolute Gasteiger partial charge is 0.247 e. The van der Waals surface area contributed by atoms with Crippen LogP contribution in [-0.2, 0) is 32.5 Å². The quantitative estimate of drug-likeness (QED) is 0.749. The minimum atomic E-state index is -3.58. The molecular weight excluding hydrogens is 426 g/mol. The summed E-state index contributed by atoms with van der Waals surface area (Å²) in [5.41, 5.74) is 3.13. The molecule has 1 N–H and O–H groups in total. The van der Waals surface area contributed by atoms with Crippen molar-refractivity contribution < 1.29 is 18.0 Å². The van der Waals surface area contributed by atoms with Crippen molar-refractivity contribution in [3.8, 4) is 0 Å². The zero-order valence-corrected chi connectivity index (χ0v) is 19.3. The Labute approximate surface area is 189 Å². The molecule has 2 aliphatic heterocycles. The molecule has 0 saturated carbocycles. The molecule has 2 aliphatic rings. The normalized spacial score (nSPS) is 18.9. The van der Waals surface area contributed by atoms with Gasteiger partial charge in [-0.3, -0.25) is 14.5 Å². The summed E-state index contributed by atoms with van der Waals surface area (Å²) in [5.74, 6) is -0.544. The predicted octanol–water partition coefficient (Wildman–Crippen LogP) is 3.34. The Bertz CT molecular complexity index is 1120. The van der Waals surface area contributed by atoms with Gasteiger partial charge in [0, 0.05) is 37.8 Å². The van der Waals surface area contributed by atoms with Gasteiger partial charge in [-0.25, -0.2) is 8.42 Å². The number of hydrogen-bond acceptors (Lipinski definition) is 4. The molecule has 170 valence electrons. The van der Waals surface area contributed by atoms with Gasteiger partial charge in [0.1, 0.15) is 6.04 Å². The van der Waals surface area contributed by atoms with Gasteiger partial charge in [-0.05, 0) is 60.7 Å². The number of benzene rings is 2. The van der Waals surface area contributed by atoms with Gasteiger partial charge in [0.15, 0.2) is 0 Å². The van der Waals surface area contributed by atoms with Crippen LogP contribution in [0.15, 0.2) is 47.4 Å². The summed E-state index contributed by atoms with van der Waals surface area (Å²) in [6, 6.07) is 11.7. The second-order valence-electron chi connectivity index (χ2n) is 8.40. The molecule has 2 aromatic rings. The van der Waals surface area contributed by atoms with Crippen LogP contribution in [0.1, 0.15) is 44.2 Å². The summed E-state index contributed by atoms with van der Waals surface area (Å²) in [5, 5.41) is 2.89. The van der Waals surface area contributed by atoms with Gasteiger partial charge in [-0.2, -0.15) is 4.31 Å². The van der Waals surface area contributed by atoms with Crippen molar-refractivity contribution in [3.05, 3.63) is 53.6 Å². The SMILES string of the molecule is CCc1ccc(NC(=O)[C@H]2Cc3cc(S(=O)(=O)N4CCCCC4)ccc3N2C(C)=O)cc1. The van der Waals surface area contributed by atoms with E-state index in [1.54, 1.807) is 18.2 Å². The number of anilines is 2. The molecule has 2 amide bonds. The van der Waals surface area contributed by atoms with Crippen molar-refractivity contribution in [1.29, 1.82) is 0 Å².